The molecule has 2 aromatic rings. The molecule has 2 nitrogen and oxygen atoms in total. The van der Waals surface area contributed by atoms with E-state index in [1.54, 1.807) is 6.07 Å². The fourth-order valence-electron chi connectivity index (χ4n) is 2.80. The second kappa shape index (κ2) is 5.73. The first-order valence-electron chi connectivity index (χ1n) is 6.97. The topological polar surface area (TPSA) is 23.5 Å². The number of β-amino-alcohol motifs (C(OH)–C–C–N with tert-alkyl or cyclic N) is 1. The highest BCUT2D eigenvalue weighted by Crippen LogP contribution is 2.27. The third kappa shape index (κ3) is 2.74. The molecule has 0 aromatic heterocycles. The van der Waals surface area contributed by atoms with Gasteiger partial charge in [0, 0.05) is 25.2 Å². The second-order valence-corrected chi connectivity index (χ2v) is 5.31. The van der Waals surface area contributed by atoms with Gasteiger partial charge in [-0.1, -0.05) is 42.5 Å². The van der Waals surface area contributed by atoms with E-state index in [9.17, 15) is 9.50 Å². The molecule has 1 saturated heterocycles. The first-order valence-corrected chi connectivity index (χ1v) is 6.97. The molecular formula is C17H18FNO. The molecule has 0 radical (unpaired) electrons. The largest absolute Gasteiger partial charge is 0.392 e. The van der Waals surface area contributed by atoms with Gasteiger partial charge in [0.2, 0.25) is 0 Å². The Labute approximate surface area is 118 Å². The molecule has 0 amide bonds. The zero-order chi connectivity index (χ0) is 13.9. The van der Waals surface area contributed by atoms with E-state index in [1.165, 1.54) is 6.07 Å². The number of likely N-dealkylation sites (tertiary alicyclic amines) is 1. The molecular weight excluding hydrogens is 253 g/mol. The molecule has 0 aliphatic carbocycles. The van der Waals surface area contributed by atoms with Gasteiger partial charge in [0.1, 0.15) is 5.82 Å². The number of rotatable bonds is 3. The van der Waals surface area contributed by atoms with Crippen molar-refractivity contribution in [3.8, 4) is 11.1 Å². The minimum atomic E-state index is -0.226. The zero-order valence-corrected chi connectivity index (χ0v) is 11.3. The van der Waals surface area contributed by atoms with E-state index in [1.807, 2.05) is 36.4 Å². The molecule has 1 aliphatic heterocycles. The summed E-state index contributed by atoms with van der Waals surface area (Å²) in [6, 6.07) is 14.8. The summed E-state index contributed by atoms with van der Waals surface area (Å²) in [6.07, 6.45) is 0.595. The van der Waals surface area contributed by atoms with Gasteiger partial charge >= 0.3 is 0 Å². The molecule has 1 fully saturated rings. The first-order chi connectivity index (χ1) is 9.74. The van der Waals surface area contributed by atoms with Crippen molar-refractivity contribution in [2.45, 2.75) is 19.1 Å². The highest BCUT2D eigenvalue weighted by molar-refractivity contribution is 5.67. The van der Waals surface area contributed by atoms with Gasteiger partial charge in [-0.25, -0.2) is 4.39 Å². The Morgan fingerprint density at radius 2 is 1.75 bits per heavy atom. The standard InChI is InChI=1S/C17H18FNO/c18-17-8-4-3-7-16(17)15-6-2-1-5-13(15)11-19-10-9-14(20)12-19/h1-8,14,20H,9-12H2. The van der Waals surface area contributed by atoms with Crippen LogP contribution in [0.5, 0.6) is 0 Å². The van der Waals surface area contributed by atoms with Gasteiger partial charge in [0.25, 0.3) is 0 Å². The zero-order valence-electron chi connectivity index (χ0n) is 11.3. The highest BCUT2D eigenvalue weighted by Gasteiger charge is 2.21. The minimum Gasteiger partial charge on any atom is -0.392 e. The van der Waals surface area contributed by atoms with Crippen LogP contribution in [0.3, 0.4) is 0 Å². The van der Waals surface area contributed by atoms with Crippen LogP contribution in [-0.4, -0.2) is 29.2 Å². The Morgan fingerprint density at radius 3 is 2.45 bits per heavy atom. The van der Waals surface area contributed by atoms with Crippen molar-refractivity contribution in [1.29, 1.82) is 0 Å². The molecule has 0 saturated carbocycles. The Morgan fingerprint density at radius 1 is 1.05 bits per heavy atom. The molecule has 1 heterocycles. The summed E-state index contributed by atoms with van der Waals surface area (Å²) in [5, 5.41) is 9.61. The van der Waals surface area contributed by atoms with E-state index < -0.39 is 0 Å². The maximum atomic E-state index is 14.0. The van der Waals surface area contributed by atoms with Crippen LogP contribution >= 0.6 is 0 Å². The van der Waals surface area contributed by atoms with E-state index in [0.29, 0.717) is 12.1 Å². The SMILES string of the molecule is OC1CCN(Cc2ccccc2-c2ccccc2F)C1. The predicted molar refractivity (Wildman–Crippen MR) is 77.7 cm³/mol. The van der Waals surface area contributed by atoms with Crippen LogP contribution in [0.15, 0.2) is 48.5 Å². The molecule has 3 heteroatoms. The van der Waals surface area contributed by atoms with Crippen LogP contribution in [0.2, 0.25) is 0 Å². The Kier molecular flexibility index (Phi) is 3.81. The fraction of sp³-hybridized carbons (Fsp3) is 0.294. The van der Waals surface area contributed by atoms with Crippen molar-refractivity contribution in [3.63, 3.8) is 0 Å². The summed E-state index contributed by atoms with van der Waals surface area (Å²) in [4.78, 5) is 2.21. The molecule has 2 aromatic carbocycles. The van der Waals surface area contributed by atoms with E-state index in [-0.39, 0.29) is 11.9 Å². The molecule has 1 atom stereocenters. The van der Waals surface area contributed by atoms with Gasteiger partial charge in [0.15, 0.2) is 0 Å². The molecule has 1 N–H and O–H groups in total. The lowest BCUT2D eigenvalue weighted by molar-refractivity contribution is 0.175. The van der Waals surface area contributed by atoms with Crippen molar-refractivity contribution in [1.82, 2.24) is 4.90 Å². The quantitative estimate of drug-likeness (QED) is 0.927. The van der Waals surface area contributed by atoms with Crippen LogP contribution in [-0.2, 0) is 6.54 Å². The number of benzene rings is 2. The summed E-state index contributed by atoms with van der Waals surface area (Å²) in [5.41, 5.74) is 2.68. The summed E-state index contributed by atoms with van der Waals surface area (Å²) >= 11 is 0. The maximum Gasteiger partial charge on any atom is 0.131 e. The molecule has 20 heavy (non-hydrogen) atoms. The first kappa shape index (κ1) is 13.3. The Balaban J connectivity index is 1.91. The predicted octanol–water partition coefficient (Wildman–Crippen LogP) is 3.06. The minimum absolute atomic E-state index is 0.193. The van der Waals surface area contributed by atoms with E-state index in [4.69, 9.17) is 0 Å². The average Bonchev–Trinajstić information content (AvgIpc) is 2.86. The number of halogens is 1. The van der Waals surface area contributed by atoms with Gasteiger partial charge in [-0.3, -0.25) is 4.90 Å². The lowest BCUT2D eigenvalue weighted by atomic mass is 9.99. The summed E-state index contributed by atoms with van der Waals surface area (Å²) in [6.45, 7) is 2.35. The van der Waals surface area contributed by atoms with Crippen molar-refractivity contribution in [2.75, 3.05) is 13.1 Å². The Hall–Kier alpha value is -1.71. The fourth-order valence-corrected chi connectivity index (χ4v) is 2.80. The van der Waals surface area contributed by atoms with Crippen LogP contribution in [0.4, 0.5) is 4.39 Å². The molecule has 0 bridgehead atoms. The van der Waals surface area contributed by atoms with Crippen molar-refractivity contribution in [2.24, 2.45) is 0 Å². The van der Waals surface area contributed by atoms with E-state index in [2.05, 4.69) is 4.90 Å². The van der Waals surface area contributed by atoms with Gasteiger partial charge in [0.05, 0.1) is 6.10 Å². The molecule has 0 spiro atoms. The molecule has 3 rings (SSSR count). The maximum absolute atomic E-state index is 14.0. The van der Waals surface area contributed by atoms with Gasteiger partial charge < -0.3 is 5.11 Å². The normalized spacial score (nSPS) is 19.4. The number of aliphatic hydroxyl groups is 1. The Bertz CT molecular complexity index is 599. The number of aliphatic hydroxyl groups excluding tert-OH is 1. The number of hydrogen-bond donors (Lipinski definition) is 1. The third-order valence-electron chi connectivity index (χ3n) is 3.82. The third-order valence-corrected chi connectivity index (χ3v) is 3.82. The van der Waals surface area contributed by atoms with Crippen molar-refractivity contribution >= 4 is 0 Å². The highest BCUT2D eigenvalue weighted by atomic mass is 19.1. The molecule has 1 unspecified atom stereocenters. The van der Waals surface area contributed by atoms with Crippen LogP contribution in [0.1, 0.15) is 12.0 Å². The van der Waals surface area contributed by atoms with E-state index in [0.717, 1.165) is 30.6 Å². The summed E-state index contributed by atoms with van der Waals surface area (Å²) < 4.78 is 14.0. The van der Waals surface area contributed by atoms with Crippen LogP contribution in [0, 0.1) is 5.82 Å². The number of nitrogens with zero attached hydrogens (tertiary/aromatic N) is 1. The lowest BCUT2D eigenvalue weighted by Crippen LogP contribution is -2.21. The summed E-state index contributed by atoms with van der Waals surface area (Å²) in [5.74, 6) is -0.193. The smallest absolute Gasteiger partial charge is 0.131 e. The lowest BCUT2D eigenvalue weighted by Gasteiger charge is -2.18. The van der Waals surface area contributed by atoms with Crippen LogP contribution < -0.4 is 0 Å². The molecule has 1 aliphatic rings. The average molecular weight is 271 g/mol. The summed E-state index contributed by atoms with van der Waals surface area (Å²) in [7, 11) is 0. The van der Waals surface area contributed by atoms with Gasteiger partial charge in [-0.2, -0.15) is 0 Å². The van der Waals surface area contributed by atoms with Gasteiger partial charge in [-0.15, -0.1) is 0 Å². The second-order valence-electron chi connectivity index (χ2n) is 5.31. The van der Waals surface area contributed by atoms with Gasteiger partial charge in [-0.05, 0) is 23.6 Å². The monoisotopic (exact) mass is 271 g/mol. The molecule has 104 valence electrons. The van der Waals surface area contributed by atoms with Crippen molar-refractivity contribution in [3.05, 3.63) is 59.9 Å². The van der Waals surface area contributed by atoms with E-state index >= 15 is 0 Å². The number of hydrogen-bond acceptors (Lipinski definition) is 2. The van der Waals surface area contributed by atoms with Crippen LogP contribution in [0.25, 0.3) is 11.1 Å². The van der Waals surface area contributed by atoms with Crippen molar-refractivity contribution < 1.29 is 9.50 Å².